The second-order valence-corrected chi connectivity index (χ2v) is 5.98. The van der Waals surface area contributed by atoms with Gasteiger partial charge in [0.05, 0.1) is 10.5 Å². The van der Waals surface area contributed by atoms with Crippen LogP contribution >= 0.6 is 0 Å². The fraction of sp³-hybridized carbons (Fsp3) is 0.158. The molecule has 0 spiro atoms. The van der Waals surface area contributed by atoms with Crippen molar-refractivity contribution in [2.75, 3.05) is 5.32 Å². The van der Waals surface area contributed by atoms with Crippen LogP contribution < -0.4 is 5.32 Å². The second kappa shape index (κ2) is 7.28. The molecule has 0 aliphatic heterocycles. The van der Waals surface area contributed by atoms with Gasteiger partial charge in [0.15, 0.2) is 6.10 Å². The van der Waals surface area contributed by atoms with Gasteiger partial charge in [0, 0.05) is 30.2 Å². The van der Waals surface area contributed by atoms with Crippen molar-refractivity contribution in [1.82, 2.24) is 4.57 Å². The van der Waals surface area contributed by atoms with Crippen LogP contribution in [-0.2, 0) is 16.6 Å². The number of ether oxygens (including phenoxy) is 1. The minimum absolute atomic E-state index is 0.0422. The summed E-state index contributed by atoms with van der Waals surface area (Å²) in [6.07, 6.45) is 0.510. The van der Waals surface area contributed by atoms with Gasteiger partial charge in [-0.05, 0) is 19.1 Å². The lowest BCUT2D eigenvalue weighted by Crippen LogP contribution is -2.30. The summed E-state index contributed by atoms with van der Waals surface area (Å²) in [4.78, 5) is 35.2. The van der Waals surface area contributed by atoms with Crippen molar-refractivity contribution >= 4 is 34.2 Å². The number of carbonyl (C=O) groups excluding carboxylic acids is 2. The summed E-state index contributed by atoms with van der Waals surface area (Å²) in [7, 11) is 1.81. The van der Waals surface area contributed by atoms with Crippen LogP contribution in [0.1, 0.15) is 17.3 Å². The Hall–Kier alpha value is -3.68. The van der Waals surface area contributed by atoms with E-state index in [9.17, 15) is 19.7 Å². The molecule has 0 radical (unpaired) electrons. The highest BCUT2D eigenvalue weighted by Gasteiger charge is 2.23. The molecule has 3 rings (SSSR count). The number of aromatic nitrogens is 1. The van der Waals surface area contributed by atoms with E-state index in [1.165, 1.54) is 25.1 Å². The molecule has 8 nitrogen and oxygen atoms in total. The summed E-state index contributed by atoms with van der Waals surface area (Å²) >= 11 is 0. The van der Waals surface area contributed by atoms with Crippen molar-refractivity contribution in [2.45, 2.75) is 13.0 Å². The number of carbonyl (C=O) groups is 2. The first-order valence-corrected chi connectivity index (χ1v) is 8.18. The summed E-state index contributed by atoms with van der Waals surface area (Å²) in [5, 5.41) is 14.2. The van der Waals surface area contributed by atoms with Crippen molar-refractivity contribution in [1.29, 1.82) is 0 Å². The molecule has 2 aromatic carbocycles. The first-order chi connectivity index (χ1) is 12.9. The van der Waals surface area contributed by atoms with Crippen molar-refractivity contribution in [3.8, 4) is 0 Å². The molecule has 138 valence electrons. The van der Waals surface area contributed by atoms with E-state index in [0.29, 0.717) is 5.56 Å². The summed E-state index contributed by atoms with van der Waals surface area (Å²) < 4.78 is 7.05. The van der Waals surface area contributed by atoms with E-state index in [1.807, 2.05) is 25.2 Å². The number of nitrogens with zero attached hydrogens (tertiary/aromatic N) is 2. The molecule has 1 N–H and O–H groups in total. The van der Waals surface area contributed by atoms with Crippen LogP contribution in [0.2, 0.25) is 0 Å². The van der Waals surface area contributed by atoms with Gasteiger partial charge in [0.1, 0.15) is 5.69 Å². The number of anilines is 1. The third-order valence-corrected chi connectivity index (χ3v) is 4.13. The molecule has 0 saturated carbocycles. The van der Waals surface area contributed by atoms with E-state index in [0.717, 1.165) is 10.9 Å². The first-order valence-electron chi connectivity index (χ1n) is 8.18. The van der Waals surface area contributed by atoms with E-state index >= 15 is 0 Å². The van der Waals surface area contributed by atoms with Crippen LogP contribution in [0.25, 0.3) is 10.9 Å². The summed E-state index contributed by atoms with van der Waals surface area (Å²) in [6, 6.07) is 13.1. The number of hydrogen-bond donors (Lipinski definition) is 1. The molecule has 1 aromatic heterocycles. The van der Waals surface area contributed by atoms with Crippen LogP contribution in [0.4, 0.5) is 11.4 Å². The quantitative estimate of drug-likeness (QED) is 0.423. The van der Waals surface area contributed by atoms with Crippen LogP contribution in [0.5, 0.6) is 0 Å². The zero-order valence-corrected chi connectivity index (χ0v) is 14.7. The minimum atomic E-state index is -1.13. The topological polar surface area (TPSA) is 103 Å². The number of amides is 1. The van der Waals surface area contributed by atoms with E-state index < -0.39 is 22.9 Å². The van der Waals surface area contributed by atoms with Crippen LogP contribution in [0, 0.1) is 10.1 Å². The largest absolute Gasteiger partial charge is 0.449 e. The highest BCUT2D eigenvalue weighted by Crippen LogP contribution is 2.24. The number of rotatable bonds is 5. The van der Waals surface area contributed by atoms with Gasteiger partial charge in [-0.2, -0.15) is 0 Å². The van der Waals surface area contributed by atoms with E-state index in [2.05, 4.69) is 5.32 Å². The number of hydrogen-bond acceptors (Lipinski definition) is 5. The fourth-order valence-electron chi connectivity index (χ4n) is 2.75. The van der Waals surface area contributed by atoms with Crippen LogP contribution in [-0.4, -0.2) is 27.5 Å². The van der Waals surface area contributed by atoms with Crippen molar-refractivity contribution in [3.63, 3.8) is 0 Å². The lowest BCUT2D eigenvalue weighted by Gasteiger charge is -2.13. The standard InChI is InChI=1S/C19H17N3O5/c1-12(18(23)20-15-8-4-6-10-17(15)22(25)26)27-19(24)14-11-21(2)16-9-5-3-7-13(14)16/h3-12H,1-2H3,(H,20,23). The molecule has 1 unspecified atom stereocenters. The molecule has 1 heterocycles. The third-order valence-electron chi connectivity index (χ3n) is 4.13. The van der Waals surface area contributed by atoms with E-state index in [1.54, 1.807) is 22.9 Å². The lowest BCUT2D eigenvalue weighted by atomic mass is 10.2. The SMILES string of the molecule is CC(OC(=O)c1cn(C)c2ccccc12)C(=O)Nc1ccccc1[N+](=O)[O-]. The molecule has 3 aromatic rings. The number of para-hydroxylation sites is 3. The maximum absolute atomic E-state index is 12.5. The van der Waals surface area contributed by atoms with Gasteiger partial charge in [-0.1, -0.05) is 30.3 Å². The number of benzene rings is 2. The number of esters is 1. The molecule has 0 fully saturated rings. The molecule has 27 heavy (non-hydrogen) atoms. The average Bonchev–Trinajstić information content (AvgIpc) is 2.99. The highest BCUT2D eigenvalue weighted by atomic mass is 16.6. The van der Waals surface area contributed by atoms with E-state index in [-0.39, 0.29) is 11.4 Å². The average molecular weight is 367 g/mol. The normalized spacial score (nSPS) is 11.8. The Morgan fingerprint density at radius 3 is 2.56 bits per heavy atom. The monoisotopic (exact) mass is 367 g/mol. The maximum Gasteiger partial charge on any atom is 0.341 e. The Morgan fingerprint density at radius 2 is 1.81 bits per heavy atom. The number of nitro groups is 1. The number of nitro benzene ring substituents is 1. The van der Waals surface area contributed by atoms with Crippen LogP contribution in [0.3, 0.4) is 0 Å². The Morgan fingerprint density at radius 1 is 1.15 bits per heavy atom. The smallest absolute Gasteiger partial charge is 0.341 e. The molecule has 1 amide bonds. The van der Waals surface area contributed by atoms with Gasteiger partial charge < -0.3 is 14.6 Å². The first kappa shape index (κ1) is 18.1. The summed E-state index contributed by atoms with van der Waals surface area (Å²) in [5.41, 5.74) is 1.01. The Labute approximate surface area is 154 Å². The van der Waals surface area contributed by atoms with Gasteiger partial charge in [-0.25, -0.2) is 4.79 Å². The minimum Gasteiger partial charge on any atom is -0.449 e. The zero-order chi connectivity index (χ0) is 19.6. The summed E-state index contributed by atoms with van der Waals surface area (Å²) in [5.74, 6) is -1.30. The molecular weight excluding hydrogens is 350 g/mol. The molecule has 0 saturated heterocycles. The molecule has 0 bridgehead atoms. The van der Waals surface area contributed by atoms with Crippen molar-refractivity contribution < 1.29 is 19.2 Å². The molecule has 0 aliphatic carbocycles. The maximum atomic E-state index is 12.5. The molecule has 8 heteroatoms. The Kier molecular flexibility index (Phi) is 4.89. The zero-order valence-electron chi connectivity index (χ0n) is 14.7. The predicted molar refractivity (Wildman–Crippen MR) is 99.5 cm³/mol. The molecular formula is C19H17N3O5. The Bertz CT molecular complexity index is 1040. The van der Waals surface area contributed by atoms with Gasteiger partial charge in [-0.3, -0.25) is 14.9 Å². The number of nitrogens with one attached hydrogen (secondary N) is 1. The summed E-state index contributed by atoms with van der Waals surface area (Å²) in [6.45, 7) is 1.41. The number of fused-ring (bicyclic) bond motifs is 1. The van der Waals surface area contributed by atoms with Gasteiger partial charge >= 0.3 is 5.97 Å². The molecule has 0 aliphatic rings. The van der Waals surface area contributed by atoms with Crippen LogP contribution in [0.15, 0.2) is 54.7 Å². The lowest BCUT2D eigenvalue weighted by molar-refractivity contribution is -0.383. The number of aryl methyl sites for hydroxylation is 1. The Balaban J connectivity index is 1.75. The third kappa shape index (κ3) is 3.64. The van der Waals surface area contributed by atoms with Gasteiger partial charge in [0.2, 0.25) is 0 Å². The van der Waals surface area contributed by atoms with Crippen molar-refractivity contribution in [3.05, 3.63) is 70.4 Å². The van der Waals surface area contributed by atoms with Gasteiger partial charge in [-0.15, -0.1) is 0 Å². The van der Waals surface area contributed by atoms with Crippen molar-refractivity contribution in [2.24, 2.45) is 7.05 Å². The fourth-order valence-corrected chi connectivity index (χ4v) is 2.75. The van der Waals surface area contributed by atoms with Gasteiger partial charge in [0.25, 0.3) is 11.6 Å². The second-order valence-electron chi connectivity index (χ2n) is 5.98. The molecule has 1 atom stereocenters. The predicted octanol–water partition coefficient (Wildman–Crippen LogP) is 3.27. The highest BCUT2D eigenvalue weighted by molar-refractivity contribution is 6.05. The van der Waals surface area contributed by atoms with E-state index in [4.69, 9.17) is 4.74 Å².